The summed E-state index contributed by atoms with van der Waals surface area (Å²) in [6.07, 6.45) is 1.12. The van der Waals surface area contributed by atoms with Crippen molar-refractivity contribution in [2.75, 3.05) is 0 Å². The molecule has 1 aromatic rings. The molecule has 1 atom stereocenters. The van der Waals surface area contributed by atoms with Gasteiger partial charge >= 0.3 is 0 Å². The minimum Gasteiger partial charge on any atom is -0.390 e. The topological polar surface area (TPSA) is 54.4 Å². The van der Waals surface area contributed by atoms with Crippen LogP contribution in [0.15, 0.2) is 23.1 Å². The maximum Gasteiger partial charge on any atom is 0.181 e. The van der Waals surface area contributed by atoms with Gasteiger partial charge in [0.1, 0.15) is 0 Å². The summed E-state index contributed by atoms with van der Waals surface area (Å²) in [5.41, 5.74) is 1.11. The predicted octanol–water partition coefficient (Wildman–Crippen LogP) is 1.72. The van der Waals surface area contributed by atoms with Crippen LogP contribution in [0.5, 0.6) is 0 Å². The first-order valence-electron chi connectivity index (χ1n) is 5.78. The van der Waals surface area contributed by atoms with Crippen LogP contribution in [0.4, 0.5) is 0 Å². The second-order valence-corrected chi connectivity index (χ2v) is 7.83. The minimum absolute atomic E-state index is 0.324. The molecule has 0 bridgehead atoms. The van der Waals surface area contributed by atoms with Gasteiger partial charge in [-0.1, -0.05) is 12.1 Å². The fraction of sp³-hybridized carbons (Fsp3) is 0.538. The Bertz CT molecular complexity index is 538. The maximum atomic E-state index is 11.9. The Morgan fingerprint density at radius 2 is 2.06 bits per heavy atom. The van der Waals surface area contributed by atoms with Crippen LogP contribution in [0.2, 0.25) is 0 Å². The van der Waals surface area contributed by atoms with Gasteiger partial charge in [0.2, 0.25) is 0 Å². The zero-order chi connectivity index (χ0) is 12.8. The molecular formula is C13H18O3S. The first-order valence-corrected chi connectivity index (χ1v) is 7.33. The molecule has 1 aromatic carbocycles. The van der Waals surface area contributed by atoms with E-state index >= 15 is 0 Å². The van der Waals surface area contributed by atoms with Gasteiger partial charge in [-0.3, -0.25) is 0 Å². The SMILES string of the molecule is CC1Cc2cc(CC(C)(C)O)ccc2S1(=O)=O. The Kier molecular flexibility index (Phi) is 2.83. The highest BCUT2D eigenvalue weighted by molar-refractivity contribution is 7.92. The highest BCUT2D eigenvalue weighted by atomic mass is 32.2. The van der Waals surface area contributed by atoms with Crippen molar-refractivity contribution in [3.63, 3.8) is 0 Å². The number of sulfone groups is 1. The summed E-state index contributed by atoms with van der Waals surface area (Å²) in [7, 11) is -3.11. The Morgan fingerprint density at radius 1 is 1.41 bits per heavy atom. The van der Waals surface area contributed by atoms with Crippen LogP contribution < -0.4 is 0 Å². The molecule has 1 heterocycles. The second kappa shape index (κ2) is 3.82. The summed E-state index contributed by atoms with van der Waals surface area (Å²) in [5, 5.41) is 9.43. The van der Waals surface area contributed by atoms with Crippen molar-refractivity contribution in [3.8, 4) is 0 Å². The van der Waals surface area contributed by atoms with Gasteiger partial charge in [0, 0.05) is 6.42 Å². The van der Waals surface area contributed by atoms with E-state index in [1.54, 1.807) is 32.9 Å². The summed E-state index contributed by atoms with van der Waals surface area (Å²) in [4.78, 5) is 0.462. The van der Waals surface area contributed by atoms with Gasteiger partial charge in [-0.25, -0.2) is 8.42 Å². The van der Waals surface area contributed by atoms with Crippen molar-refractivity contribution in [2.24, 2.45) is 0 Å². The van der Waals surface area contributed by atoms with Gasteiger partial charge in [0.25, 0.3) is 0 Å². The third kappa shape index (κ3) is 2.38. The molecule has 0 amide bonds. The largest absolute Gasteiger partial charge is 0.390 e. The Hall–Kier alpha value is -0.870. The fourth-order valence-electron chi connectivity index (χ4n) is 2.32. The van der Waals surface area contributed by atoms with E-state index in [4.69, 9.17) is 0 Å². The first-order chi connectivity index (χ1) is 7.70. The monoisotopic (exact) mass is 254 g/mol. The lowest BCUT2D eigenvalue weighted by Crippen LogP contribution is -2.21. The van der Waals surface area contributed by atoms with Crippen LogP contribution in [-0.4, -0.2) is 24.4 Å². The molecule has 1 N–H and O–H groups in total. The average molecular weight is 254 g/mol. The van der Waals surface area contributed by atoms with E-state index in [9.17, 15) is 13.5 Å². The van der Waals surface area contributed by atoms with Crippen molar-refractivity contribution in [2.45, 2.75) is 49.4 Å². The standard InChI is InChI=1S/C13H18O3S/c1-9-6-11-7-10(8-13(2,3)14)4-5-12(11)17(9,15)16/h4-5,7,9,14H,6,8H2,1-3H3. The van der Waals surface area contributed by atoms with Crippen molar-refractivity contribution < 1.29 is 13.5 Å². The lowest BCUT2D eigenvalue weighted by molar-refractivity contribution is 0.0810. The highest BCUT2D eigenvalue weighted by Crippen LogP contribution is 2.32. The highest BCUT2D eigenvalue weighted by Gasteiger charge is 2.33. The molecule has 1 aliphatic heterocycles. The Morgan fingerprint density at radius 3 is 2.65 bits per heavy atom. The lowest BCUT2D eigenvalue weighted by Gasteiger charge is -2.17. The Labute approximate surface area is 102 Å². The van der Waals surface area contributed by atoms with Gasteiger partial charge < -0.3 is 5.11 Å². The summed E-state index contributed by atoms with van der Waals surface area (Å²) in [5.74, 6) is 0. The number of hydrogen-bond donors (Lipinski definition) is 1. The molecule has 1 unspecified atom stereocenters. The molecule has 0 aromatic heterocycles. The molecule has 4 heteroatoms. The zero-order valence-corrected chi connectivity index (χ0v) is 11.2. The Balaban J connectivity index is 2.39. The third-order valence-corrected chi connectivity index (χ3v) is 5.34. The third-order valence-electron chi connectivity index (χ3n) is 3.11. The van der Waals surface area contributed by atoms with Crippen molar-refractivity contribution >= 4 is 9.84 Å². The first kappa shape index (κ1) is 12.6. The molecule has 0 fully saturated rings. The molecule has 0 radical (unpaired) electrons. The van der Waals surface area contributed by atoms with E-state index in [1.165, 1.54) is 0 Å². The van der Waals surface area contributed by atoms with Crippen LogP contribution in [0.1, 0.15) is 31.9 Å². The average Bonchev–Trinajstić information content (AvgIpc) is 2.35. The fourth-order valence-corrected chi connectivity index (χ4v) is 3.91. The summed E-state index contributed by atoms with van der Waals surface area (Å²) in [6, 6.07) is 5.38. The number of rotatable bonds is 2. The molecule has 0 saturated carbocycles. The summed E-state index contributed by atoms with van der Waals surface area (Å²) >= 11 is 0. The molecule has 0 aliphatic carbocycles. The molecule has 0 saturated heterocycles. The minimum atomic E-state index is -3.11. The normalized spacial score (nSPS) is 22.5. The number of hydrogen-bond acceptors (Lipinski definition) is 3. The van der Waals surface area contributed by atoms with Gasteiger partial charge in [-0.15, -0.1) is 0 Å². The van der Waals surface area contributed by atoms with Crippen LogP contribution in [0.3, 0.4) is 0 Å². The summed E-state index contributed by atoms with van der Waals surface area (Å²) in [6.45, 7) is 5.24. The van der Waals surface area contributed by atoms with E-state index in [1.807, 2.05) is 6.07 Å². The van der Waals surface area contributed by atoms with Crippen LogP contribution >= 0.6 is 0 Å². The predicted molar refractivity (Wildman–Crippen MR) is 66.8 cm³/mol. The smallest absolute Gasteiger partial charge is 0.181 e. The zero-order valence-electron chi connectivity index (χ0n) is 10.4. The van der Waals surface area contributed by atoms with E-state index in [0.29, 0.717) is 17.7 Å². The molecule has 94 valence electrons. The van der Waals surface area contributed by atoms with E-state index in [0.717, 1.165) is 11.1 Å². The summed E-state index contributed by atoms with van der Waals surface area (Å²) < 4.78 is 23.9. The molecule has 3 nitrogen and oxygen atoms in total. The van der Waals surface area contributed by atoms with E-state index in [-0.39, 0.29) is 5.25 Å². The van der Waals surface area contributed by atoms with Crippen LogP contribution in [0.25, 0.3) is 0 Å². The van der Waals surface area contributed by atoms with Crippen molar-refractivity contribution in [3.05, 3.63) is 29.3 Å². The second-order valence-electron chi connectivity index (χ2n) is 5.49. The molecule has 0 spiro atoms. The molecule has 2 rings (SSSR count). The molecular weight excluding hydrogens is 236 g/mol. The van der Waals surface area contributed by atoms with E-state index in [2.05, 4.69) is 0 Å². The van der Waals surface area contributed by atoms with E-state index < -0.39 is 15.4 Å². The van der Waals surface area contributed by atoms with Gasteiger partial charge in [0.15, 0.2) is 9.84 Å². The van der Waals surface area contributed by atoms with Crippen LogP contribution in [0, 0.1) is 0 Å². The number of aliphatic hydroxyl groups is 1. The van der Waals surface area contributed by atoms with Crippen molar-refractivity contribution in [1.82, 2.24) is 0 Å². The van der Waals surface area contributed by atoms with Gasteiger partial charge in [-0.05, 0) is 44.4 Å². The maximum absolute atomic E-state index is 11.9. The lowest BCUT2D eigenvalue weighted by atomic mass is 9.96. The van der Waals surface area contributed by atoms with Gasteiger partial charge in [0.05, 0.1) is 15.7 Å². The van der Waals surface area contributed by atoms with Crippen LogP contribution in [-0.2, 0) is 22.7 Å². The van der Waals surface area contributed by atoms with Gasteiger partial charge in [-0.2, -0.15) is 0 Å². The number of fused-ring (bicyclic) bond motifs is 1. The van der Waals surface area contributed by atoms with Crippen molar-refractivity contribution in [1.29, 1.82) is 0 Å². The molecule has 1 aliphatic rings. The molecule has 17 heavy (non-hydrogen) atoms. The quantitative estimate of drug-likeness (QED) is 0.874. The number of benzene rings is 1.